The Kier molecular flexibility index (Phi) is 6.23. The van der Waals surface area contributed by atoms with Crippen molar-refractivity contribution >= 4 is 17.9 Å². The van der Waals surface area contributed by atoms with Crippen LogP contribution in [0.3, 0.4) is 0 Å². The molecule has 1 saturated heterocycles. The summed E-state index contributed by atoms with van der Waals surface area (Å²) in [6.45, 7) is 4.88. The third kappa shape index (κ3) is 6.16. The molecule has 0 saturated carbocycles. The van der Waals surface area contributed by atoms with E-state index < -0.39 is 12.0 Å². The molecule has 1 fully saturated rings. The van der Waals surface area contributed by atoms with Crippen LogP contribution in [0, 0.1) is 0 Å². The molecule has 0 aromatic heterocycles. The van der Waals surface area contributed by atoms with Crippen molar-refractivity contribution in [2.24, 2.45) is 0 Å². The van der Waals surface area contributed by atoms with Crippen molar-refractivity contribution in [3.8, 4) is 0 Å². The zero-order chi connectivity index (χ0) is 14.3. The molecule has 3 N–H and O–H groups in total. The first-order valence-electron chi connectivity index (χ1n) is 6.25. The summed E-state index contributed by atoms with van der Waals surface area (Å²) in [4.78, 5) is 36.9. The summed E-state index contributed by atoms with van der Waals surface area (Å²) in [6, 6.07) is -0.489. The molecule has 8 heteroatoms. The molecule has 0 spiro atoms. The number of amides is 3. The Labute approximate surface area is 111 Å². The highest BCUT2D eigenvalue weighted by Gasteiger charge is 2.20. The number of carbonyl (C=O) groups is 3. The fraction of sp³-hybridized carbons (Fsp3) is 0.727. The van der Waals surface area contributed by atoms with Gasteiger partial charge in [0.05, 0.1) is 13.1 Å². The molecule has 0 aliphatic carbocycles. The number of urea groups is 1. The fourth-order valence-electron chi connectivity index (χ4n) is 1.87. The quantitative estimate of drug-likeness (QED) is 0.565. The van der Waals surface area contributed by atoms with Gasteiger partial charge in [-0.25, -0.2) is 4.79 Å². The van der Waals surface area contributed by atoms with Crippen LogP contribution in [-0.4, -0.2) is 78.6 Å². The summed E-state index contributed by atoms with van der Waals surface area (Å²) in [5, 5.41) is 13.4. The van der Waals surface area contributed by atoms with Crippen LogP contribution in [0.5, 0.6) is 0 Å². The molecule has 0 atom stereocenters. The number of rotatable bonds is 5. The second-order valence-corrected chi connectivity index (χ2v) is 4.35. The number of nitrogens with one attached hydrogen (secondary N) is 2. The van der Waals surface area contributed by atoms with Gasteiger partial charge in [0, 0.05) is 32.7 Å². The van der Waals surface area contributed by atoms with Crippen molar-refractivity contribution < 1.29 is 19.5 Å². The lowest BCUT2D eigenvalue weighted by Crippen LogP contribution is -2.51. The van der Waals surface area contributed by atoms with Crippen LogP contribution in [-0.2, 0) is 9.59 Å². The first-order chi connectivity index (χ1) is 9.01. The highest BCUT2D eigenvalue weighted by Crippen LogP contribution is 2.00. The molecule has 0 bridgehead atoms. The number of carbonyl (C=O) groups excluding carboxylic acids is 2. The van der Waals surface area contributed by atoms with Crippen molar-refractivity contribution in [3.05, 3.63) is 0 Å². The van der Waals surface area contributed by atoms with Crippen molar-refractivity contribution in [1.82, 2.24) is 20.4 Å². The predicted octanol–water partition coefficient (Wildman–Crippen LogP) is -1.47. The van der Waals surface area contributed by atoms with Gasteiger partial charge in [-0.1, -0.05) is 0 Å². The van der Waals surface area contributed by atoms with Crippen molar-refractivity contribution in [2.45, 2.75) is 6.92 Å². The van der Waals surface area contributed by atoms with E-state index in [0.717, 1.165) is 0 Å². The predicted molar refractivity (Wildman–Crippen MR) is 67.7 cm³/mol. The van der Waals surface area contributed by atoms with E-state index in [1.807, 2.05) is 9.80 Å². The van der Waals surface area contributed by atoms with Crippen LogP contribution < -0.4 is 10.6 Å². The van der Waals surface area contributed by atoms with E-state index >= 15 is 0 Å². The van der Waals surface area contributed by atoms with Gasteiger partial charge in [0.1, 0.15) is 0 Å². The fourth-order valence-corrected chi connectivity index (χ4v) is 1.87. The maximum absolute atomic E-state index is 11.5. The molecule has 8 nitrogen and oxygen atoms in total. The number of imide groups is 1. The van der Waals surface area contributed by atoms with Crippen LogP contribution in [0.4, 0.5) is 4.79 Å². The second-order valence-electron chi connectivity index (χ2n) is 4.35. The van der Waals surface area contributed by atoms with Gasteiger partial charge in [0.25, 0.3) is 0 Å². The molecule has 1 rings (SSSR count). The van der Waals surface area contributed by atoms with E-state index in [1.54, 1.807) is 6.92 Å². The minimum Gasteiger partial charge on any atom is -0.480 e. The first-order valence-corrected chi connectivity index (χ1v) is 6.25. The molecule has 0 aromatic rings. The lowest BCUT2D eigenvalue weighted by molar-refractivity contribution is -0.139. The topological polar surface area (TPSA) is 102 Å². The van der Waals surface area contributed by atoms with E-state index in [2.05, 4.69) is 10.6 Å². The van der Waals surface area contributed by atoms with E-state index in [-0.39, 0.29) is 19.0 Å². The number of hydrogen-bond donors (Lipinski definition) is 3. The normalized spacial score (nSPS) is 16.9. The molecule has 108 valence electrons. The van der Waals surface area contributed by atoms with Crippen LogP contribution >= 0.6 is 0 Å². The second kappa shape index (κ2) is 7.70. The third-order valence-corrected chi connectivity index (χ3v) is 2.78. The SMILES string of the molecule is CCNC(=O)NC(=O)CN1CCN(CC(=O)O)CC1. The molecule has 1 heterocycles. The van der Waals surface area contributed by atoms with E-state index in [9.17, 15) is 14.4 Å². The number of carboxylic acids is 1. The summed E-state index contributed by atoms with van der Waals surface area (Å²) >= 11 is 0. The Bertz CT molecular complexity index is 340. The molecular weight excluding hydrogens is 252 g/mol. The van der Waals surface area contributed by atoms with Crippen LogP contribution in [0.2, 0.25) is 0 Å². The first kappa shape index (κ1) is 15.4. The number of hydrogen-bond acceptors (Lipinski definition) is 5. The molecule has 0 unspecified atom stereocenters. The van der Waals surface area contributed by atoms with Gasteiger partial charge in [0.2, 0.25) is 5.91 Å². The Balaban J connectivity index is 2.23. The van der Waals surface area contributed by atoms with E-state index in [4.69, 9.17) is 5.11 Å². The van der Waals surface area contributed by atoms with E-state index in [0.29, 0.717) is 32.7 Å². The van der Waals surface area contributed by atoms with Gasteiger partial charge in [0.15, 0.2) is 0 Å². The van der Waals surface area contributed by atoms with Gasteiger partial charge < -0.3 is 10.4 Å². The summed E-state index contributed by atoms with van der Waals surface area (Å²) in [6.07, 6.45) is 0. The maximum atomic E-state index is 11.5. The molecular formula is C11H20N4O4. The number of nitrogens with zero attached hydrogens (tertiary/aromatic N) is 2. The summed E-state index contributed by atoms with van der Waals surface area (Å²) in [5.41, 5.74) is 0. The smallest absolute Gasteiger partial charge is 0.321 e. The van der Waals surface area contributed by atoms with Crippen molar-refractivity contribution in [3.63, 3.8) is 0 Å². The Morgan fingerprint density at radius 2 is 1.58 bits per heavy atom. The average Bonchev–Trinajstić information content (AvgIpc) is 2.31. The van der Waals surface area contributed by atoms with Gasteiger partial charge in [-0.05, 0) is 6.92 Å². The summed E-state index contributed by atoms with van der Waals surface area (Å²) in [5.74, 6) is -1.19. The van der Waals surface area contributed by atoms with Crippen LogP contribution in [0.15, 0.2) is 0 Å². The largest absolute Gasteiger partial charge is 0.480 e. The third-order valence-electron chi connectivity index (χ3n) is 2.78. The number of aliphatic carboxylic acids is 1. The molecule has 1 aliphatic rings. The zero-order valence-electron chi connectivity index (χ0n) is 11.0. The Morgan fingerprint density at radius 3 is 2.05 bits per heavy atom. The minimum atomic E-state index is -0.845. The maximum Gasteiger partial charge on any atom is 0.321 e. The Morgan fingerprint density at radius 1 is 1.05 bits per heavy atom. The average molecular weight is 272 g/mol. The van der Waals surface area contributed by atoms with Crippen molar-refractivity contribution in [1.29, 1.82) is 0 Å². The molecule has 1 aliphatic heterocycles. The standard InChI is InChI=1S/C11H20N4O4/c1-2-12-11(19)13-9(16)7-14-3-5-15(6-4-14)8-10(17)18/h2-8H2,1H3,(H,17,18)(H2,12,13,16,19). The molecule has 0 aromatic carbocycles. The lowest BCUT2D eigenvalue weighted by atomic mass is 10.3. The zero-order valence-corrected chi connectivity index (χ0v) is 11.0. The Hall–Kier alpha value is -1.67. The highest BCUT2D eigenvalue weighted by atomic mass is 16.4. The number of carboxylic acid groups (broad SMARTS) is 1. The lowest BCUT2D eigenvalue weighted by Gasteiger charge is -2.33. The van der Waals surface area contributed by atoms with Gasteiger partial charge >= 0.3 is 12.0 Å². The minimum absolute atomic E-state index is 0.0267. The molecule has 3 amide bonds. The molecule has 0 radical (unpaired) electrons. The highest BCUT2D eigenvalue weighted by molar-refractivity contribution is 5.95. The van der Waals surface area contributed by atoms with Crippen LogP contribution in [0.25, 0.3) is 0 Å². The number of piperazine rings is 1. The van der Waals surface area contributed by atoms with E-state index in [1.165, 1.54) is 0 Å². The summed E-state index contributed by atoms with van der Waals surface area (Å²) < 4.78 is 0. The van der Waals surface area contributed by atoms with Crippen molar-refractivity contribution in [2.75, 3.05) is 45.8 Å². The van der Waals surface area contributed by atoms with Gasteiger partial charge in [-0.3, -0.25) is 24.7 Å². The van der Waals surface area contributed by atoms with Crippen LogP contribution in [0.1, 0.15) is 6.92 Å². The van der Waals surface area contributed by atoms with Gasteiger partial charge in [-0.15, -0.1) is 0 Å². The van der Waals surface area contributed by atoms with Gasteiger partial charge in [-0.2, -0.15) is 0 Å². The monoisotopic (exact) mass is 272 g/mol. The summed E-state index contributed by atoms with van der Waals surface area (Å²) in [7, 11) is 0. The molecule has 19 heavy (non-hydrogen) atoms.